The minimum atomic E-state index is -0.506. The minimum Gasteiger partial charge on any atom is -0.462 e. The summed E-state index contributed by atoms with van der Waals surface area (Å²) in [5, 5.41) is 10.5. The molecule has 0 saturated heterocycles. The van der Waals surface area contributed by atoms with E-state index in [4.69, 9.17) is 4.74 Å². The van der Waals surface area contributed by atoms with Crippen LogP contribution >= 0.6 is 11.3 Å². The molecule has 1 rings (SSSR count). The van der Waals surface area contributed by atoms with Gasteiger partial charge in [-0.2, -0.15) is 0 Å². The molecule has 0 aliphatic rings. The van der Waals surface area contributed by atoms with E-state index in [0.717, 1.165) is 11.3 Å². The molecule has 0 aliphatic heterocycles. The molecule has 1 aromatic rings. The maximum Gasteiger partial charge on any atom is 0.348 e. The lowest BCUT2D eigenvalue weighted by Gasteiger charge is -1.95. The van der Waals surface area contributed by atoms with Crippen LogP contribution in [0.1, 0.15) is 21.5 Å². The van der Waals surface area contributed by atoms with Gasteiger partial charge in [-0.25, -0.2) is 4.79 Å². The first-order valence-corrected chi connectivity index (χ1v) is 4.79. The quantitative estimate of drug-likeness (QED) is 0.440. The summed E-state index contributed by atoms with van der Waals surface area (Å²) in [7, 11) is 0. The number of carbonyl (C=O) groups excluding carboxylic acids is 1. The van der Waals surface area contributed by atoms with Crippen molar-refractivity contribution in [1.29, 1.82) is 0 Å². The zero-order valence-corrected chi connectivity index (χ0v) is 8.59. The first-order chi connectivity index (χ1) is 6.56. The average Bonchev–Trinajstić information content (AvgIpc) is 2.48. The first-order valence-electron chi connectivity index (χ1n) is 3.98. The van der Waals surface area contributed by atoms with Crippen molar-refractivity contribution in [1.82, 2.24) is 0 Å². The van der Waals surface area contributed by atoms with Gasteiger partial charge in [-0.3, -0.25) is 10.1 Å². The van der Waals surface area contributed by atoms with Crippen LogP contribution in [0.2, 0.25) is 0 Å². The lowest BCUT2D eigenvalue weighted by Crippen LogP contribution is -2.01. The predicted octanol–water partition coefficient (Wildman–Crippen LogP) is 2.14. The molecular formula is C8H9NO4S. The Bertz CT molecular complexity index is 371. The summed E-state index contributed by atoms with van der Waals surface area (Å²) in [4.78, 5) is 22.0. The Morgan fingerprint density at radius 1 is 1.71 bits per heavy atom. The Kier molecular flexibility index (Phi) is 3.19. The molecule has 5 nitrogen and oxygen atoms in total. The Morgan fingerprint density at radius 3 is 2.79 bits per heavy atom. The Hall–Kier alpha value is -1.43. The maximum atomic E-state index is 11.2. The monoisotopic (exact) mass is 215 g/mol. The predicted molar refractivity (Wildman–Crippen MR) is 51.7 cm³/mol. The summed E-state index contributed by atoms with van der Waals surface area (Å²) in [5.74, 6) is -0.506. The van der Waals surface area contributed by atoms with Crippen LogP contribution in [0.25, 0.3) is 0 Å². The molecule has 0 bridgehead atoms. The molecule has 0 aromatic carbocycles. The van der Waals surface area contributed by atoms with Gasteiger partial charge in [-0.15, -0.1) is 11.3 Å². The molecule has 1 heterocycles. The summed E-state index contributed by atoms with van der Waals surface area (Å²) in [6, 6.07) is 1.25. The van der Waals surface area contributed by atoms with Crippen molar-refractivity contribution in [3.63, 3.8) is 0 Å². The van der Waals surface area contributed by atoms with Crippen molar-refractivity contribution in [3.8, 4) is 0 Å². The second-order valence-corrected chi connectivity index (χ2v) is 3.79. The minimum absolute atomic E-state index is 0.0296. The van der Waals surface area contributed by atoms with Crippen molar-refractivity contribution in [2.45, 2.75) is 13.8 Å². The van der Waals surface area contributed by atoms with Crippen LogP contribution in [-0.2, 0) is 4.74 Å². The SMILES string of the molecule is CCOC(=O)c1cc([N+](=O)[O-])c(C)s1. The maximum absolute atomic E-state index is 11.2. The molecule has 0 atom stereocenters. The number of nitro groups is 1. The normalized spacial score (nSPS) is 9.86. The zero-order chi connectivity index (χ0) is 10.7. The zero-order valence-electron chi connectivity index (χ0n) is 7.77. The molecule has 0 amide bonds. The molecular weight excluding hydrogens is 206 g/mol. The molecule has 1 aromatic heterocycles. The van der Waals surface area contributed by atoms with Crippen molar-refractivity contribution in [2.75, 3.05) is 6.61 Å². The van der Waals surface area contributed by atoms with Gasteiger partial charge in [0.1, 0.15) is 4.88 Å². The van der Waals surface area contributed by atoms with E-state index in [0.29, 0.717) is 4.88 Å². The van der Waals surface area contributed by atoms with Gasteiger partial charge in [0.2, 0.25) is 0 Å². The van der Waals surface area contributed by atoms with E-state index < -0.39 is 10.9 Å². The van der Waals surface area contributed by atoms with E-state index in [2.05, 4.69) is 0 Å². The van der Waals surface area contributed by atoms with Crippen molar-refractivity contribution < 1.29 is 14.5 Å². The molecule has 0 aliphatic carbocycles. The smallest absolute Gasteiger partial charge is 0.348 e. The van der Waals surface area contributed by atoms with Crippen LogP contribution in [0.3, 0.4) is 0 Å². The van der Waals surface area contributed by atoms with Gasteiger partial charge in [0.05, 0.1) is 16.4 Å². The molecule has 0 unspecified atom stereocenters. The van der Waals surface area contributed by atoms with E-state index in [-0.39, 0.29) is 17.2 Å². The topological polar surface area (TPSA) is 69.4 Å². The fourth-order valence-corrected chi connectivity index (χ4v) is 1.84. The van der Waals surface area contributed by atoms with E-state index in [1.54, 1.807) is 13.8 Å². The number of carbonyl (C=O) groups is 1. The lowest BCUT2D eigenvalue weighted by molar-refractivity contribution is -0.385. The summed E-state index contributed by atoms with van der Waals surface area (Å²) in [6.07, 6.45) is 0. The van der Waals surface area contributed by atoms with Gasteiger partial charge < -0.3 is 4.74 Å². The third-order valence-electron chi connectivity index (χ3n) is 1.56. The van der Waals surface area contributed by atoms with Gasteiger partial charge in [0.15, 0.2) is 0 Å². The number of hydrogen-bond acceptors (Lipinski definition) is 5. The van der Waals surface area contributed by atoms with E-state index >= 15 is 0 Å². The molecule has 0 saturated carbocycles. The number of thiophene rings is 1. The van der Waals surface area contributed by atoms with Crippen LogP contribution in [0, 0.1) is 17.0 Å². The molecule has 0 spiro atoms. The largest absolute Gasteiger partial charge is 0.462 e. The lowest BCUT2D eigenvalue weighted by atomic mass is 10.4. The second-order valence-electron chi connectivity index (χ2n) is 2.53. The van der Waals surface area contributed by atoms with E-state index in [9.17, 15) is 14.9 Å². The van der Waals surface area contributed by atoms with Gasteiger partial charge in [-0.05, 0) is 13.8 Å². The number of esters is 1. The Morgan fingerprint density at radius 2 is 2.36 bits per heavy atom. The Labute approximate surface area is 84.5 Å². The summed E-state index contributed by atoms with van der Waals surface area (Å²) < 4.78 is 4.72. The van der Waals surface area contributed by atoms with Crippen molar-refractivity contribution >= 4 is 23.0 Å². The van der Waals surface area contributed by atoms with Crippen molar-refractivity contribution in [2.24, 2.45) is 0 Å². The highest BCUT2D eigenvalue weighted by Gasteiger charge is 2.19. The van der Waals surface area contributed by atoms with Gasteiger partial charge in [0, 0.05) is 6.07 Å². The number of aryl methyl sites for hydroxylation is 1. The molecule has 0 fully saturated rings. The number of ether oxygens (including phenoxy) is 1. The van der Waals surface area contributed by atoms with Gasteiger partial charge in [0.25, 0.3) is 5.69 Å². The van der Waals surface area contributed by atoms with Crippen LogP contribution in [-0.4, -0.2) is 17.5 Å². The average molecular weight is 215 g/mol. The molecule has 0 radical (unpaired) electrons. The summed E-state index contributed by atoms with van der Waals surface area (Å²) in [5.41, 5.74) is -0.0296. The first kappa shape index (κ1) is 10.6. The fourth-order valence-electron chi connectivity index (χ4n) is 0.957. The third kappa shape index (κ3) is 2.08. The molecule has 0 N–H and O–H groups in total. The highest BCUT2D eigenvalue weighted by molar-refractivity contribution is 7.14. The summed E-state index contributed by atoms with van der Waals surface area (Å²) in [6.45, 7) is 3.56. The van der Waals surface area contributed by atoms with Crippen LogP contribution < -0.4 is 0 Å². The third-order valence-corrected chi connectivity index (χ3v) is 2.58. The van der Waals surface area contributed by atoms with Crippen LogP contribution in [0.4, 0.5) is 5.69 Å². The highest BCUT2D eigenvalue weighted by atomic mass is 32.1. The molecule has 76 valence electrons. The highest BCUT2D eigenvalue weighted by Crippen LogP contribution is 2.28. The van der Waals surface area contributed by atoms with Crippen LogP contribution in [0.15, 0.2) is 6.07 Å². The number of nitrogens with zero attached hydrogens (tertiary/aromatic N) is 1. The van der Waals surface area contributed by atoms with Crippen LogP contribution in [0.5, 0.6) is 0 Å². The van der Waals surface area contributed by atoms with Gasteiger partial charge >= 0.3 is 5.97 Å². The number of rotatable bonds is 3. The fraction of sp³-hybridized carbons (Fsp3) is 0.375. The standard InChI is InChI=1S/C8H9NO4S/c1-3-13-8(10)7-4-6(9(11)12)5(2)14-7/h4H,3H2,1-2H3. The van der Waals surface area contributed by atoms with E-state index in [1.807, 2.05) is 0 Å². The van der Waals surface area contributed by atoms with Gasteiger partial charge in [-0.1, -0.05) is 0 Å². The molecule has 6 heteroatoms. The molecule has 14 heavy (non-hydrogen) atoms. The Balaban J connectivity index is 2.96. The van der Waals surface area contributed by atoms with E-state index in [1.165, 1.54) is 6.07 Å². The second kappa shape index (κ2) is 4.19. The number of hydrogen-bond donors (Lipinski definition) is 0. The summed E-state index contributed by atoms with van der Waals surface area (Å²) >= 11 is 1.07. The van der Waals surface area contributed by atoms with Crippen molar-refractivity contribution in [3.05, 3.63) is 25.9 Å².